The first-order chi connectivity index (χ1) is 10.1. The molecular weight excluding hydrogens is 274 g/mol. The standard InChI is InChI=1S/C13H17N5O3/c14-12(19)11-7-10(18(20)21)8-17-13(11)16-6-3-9-1-4-15-5-2-9/h1,7-8,15H,2-6H2,(H2,14,19)(H,16,17). The summed E-state index contributed by atoms with van der Waals surface area (Å²) in [7, 11) is 0. The average Bonchev–Trinajstić information content (AvgIpc) is 2.48. The van der Waals surface area contributed by atoms with Crippen molar-refractivity contribution in [2.45, 2.75) is 12.8 Å². The number of nitrogens with zero attached hydrogens (tertiary/aromatic N) is 2. The number of pyridine rings is 1. The number of nitrogens with two attached hydrogens (primary N) is 1. The third-order valence-electron chi connectivity index (χ3n) is 3.25. The van der Waals surface area contributed by atoms with E-state index in [1.54, 1.807) is 0 Å². The fourth-order valence-corrected chi connectivity index (χ4v) is 2.12. The zero-order valence-corrected chi connectivity index (χ0v) is 11.5. The van der Waals surface area contributed by atoms with E-state index in [-0.39, 0.29) is 17.1 Å². The molecule has 0 bridgehead atoms. The van der Waals surface area contributed by atoms with E-state index >= 15 is 0 Å². The van der Waals surface area contributed by atoms with E-state index in [4.69, 9.17) is 5.73 Å². The smallest absolute Gasteiger partial charge is 0.288 e. The summed E-state index contributed by atoms with van der Waals surface area (Å²) in [5.41, 5.74) is 6.35. The summed E-state index contributed by atoms with van der Waals surface area (Å²) in [4.78, 5) is 25.4. The number of amides is 1. The van der Waals surface area contributed by atoms with Crippen LogP contribution in [-0.2, 0) is 0 Å². The fraction of sp³-hybridized carbons (Fsp3) is 0.385. The summed E-state index contributed by atoms with van der Waals surface area (Å²) < 4.78 is 0. The lowest BCUT2D eigenvalue weighted by atomic mass is 10.1. The summed E-state index contributed by atoms with van der Waals surface area (Å²) in [6.07, 6.45) is 5.08. The van der Waals surface area contributed by atoms with Crippen LogP contribution in [0.4, 0.5) is 11.5 Å². The lowest BCUT2D eigenvalue weighted by molar-refractivity contribution is -0.385. The highest BCUT2D eigenvalue weighted by atomic mass is 16.6. The summed E-state index contributed by atoms with van der Waals surface area (Å²) in [5.74, 6) is -0.461. The Morgan fingerprint density at radius 2 is 2.38 bits per heavy atom. The highest BCUT2D eigenvalue weighted by Crippen LogP contribution is 2.19. The van der Waals surface area contributed by atoms with Crippen molar-refractivity contribution in [2.24, 2.45) is 5.73 Å². The maximum Gasteiger partial charge on any atom is 0.288 e. The van der Waals surface area contributed by atoms with Crippen molar-refractivity contribution >= 4 is 17.4 Å². The second kappa shape index (κ2) is 6.80. The second-order valence-corrected chi connectivity index (χ2v) is 4.70. The summed E-state index contributed by atoms with van der Waals surface area (Å²) in [6, 6.07) is 1.14. The predicted octanol–water partition coefficient (Wildman–Crippen LogP) is 0.810. The molecule has 4 N–H and O–H groups in total. The van der Waals surface area contributed by atoms with Gasteiger partial charge in [0.1, 0.15) is 12.0 Å². The number of rotatable bonds is 6. The first-order valence-electron chi connectivity index (χ1n) is 6.64. The number of carbonyl (C=O) groups is 1. The first kappa shape index (κ1) is 14.9. The Hall–Kier alpha value is -2.48. The van der Waals surface area contributed by atoms with Crippen molar-refractivity contribution in [2.75, 3.05) is 25.0 Å². The minimum atomic E-state index is -0.741. The van der Waals surface area contributed by atoms with Crippen LogP contribution in [0.1, 0.15) is 23.2 Å². The molecule has 8 heteroatoms. The third kappa shape index (κ3) is 3.99. The van der Waals surface area contributed by atoms with E-state index in [2.05, 4.69) is 21.7 Å². The number of hydrogen-bond donors (Lipinski definition) is 3. The number of aromatic nitrogens is 1. The molecule has 0 radical (unpaired) electrons. The van der Waals surface area contributed by atoms with E-state index in [0.717, 1.165) is 38.2 Å². The first-order valence-corrected chi connectivity index (χ1v) is 6.64. The normalized spacial score (nSPS) is 14.4. The molecule has 0 fully saturated rings. The second-order valence-electron chi connectivity index (χ2n) is 4.70. The van der Waals surface area contributed by atoms with Gasteiger partial charge in [0.25, 0.3) is 11.6 Å². The van der Waals surface area contributed by atoms with Crippen LogP contribution in [-0.4, -0.2) is 35.4 Å². The van der Waals surface area contributed by atoms with Crippen molar-refractivity contribution in [3.63, 3.8) is 0 Å². The van der Waals surface area contributed by atoms with Crippen molar-refractivity contribution in [3.8, 4) is 0 Å². The maximum absolute atomic E-state index is 11.4. The van der Waals surface area contributed by atoms with Crippen LogP contribution in [0.25, 0.3) is 0 Å². The minimum absolute atomic E-state index is 0.0310. The number of carbonyl (C=O) groups excluding carboxylic acids is 1. The monoisotopic (exact) mass is 291 g/mol. The molecule has 0 aliphatic carbocycles. The Morgan fingerprint density at radius 1 is 1.57 bits per heavy atom. The van der Waals surface area contributed by atoms with Gasteiger partial charge in [0.15, 0.2) is 0 Å². The highest BCUT2D eigenvalue weighted by Gasteiger charge is 2.16. The number of nitrogens with one attached hydrogen (secondary N) is 2. The van der Waals surface area contributed by atoms with Crippen LogP contribution in [0.15, 0.2) is 23.9 Å². The predicted molar refractivity (Wildman–Crippen MR) is 78.1 cm³/mol. The lowest BCUT2D eigenvalue weighted by Gasteiger charge is -2.15. The van der Waals surface area contributed by atoms with Crippen LogP contribution in [0.2, 0.25) is 0 Å². The molecule has 0 saturated heterocycles. The molecular formula is C13H17N5O3. The van der Waals surface area contributed by atoms with Crippen LogP contribution in [0.5, 0.6) is 0 Å². The van der Waals surface area contributed by atoms with E-state index in [0.29, 0.717) is 6.54 Å². The van der Waals surface area contributed by atoms with E-state index in [1.165, 1.54) is 5.57 Å². The minimum Gasteiger partial charge on any atom is -0.369 e. The van der Waals surface area contributed by atoms with Gasteiger partial charge in [-0.25, -0.2) is 4.98 Å². The van der Waals surface area contributed by atoms with Gasteiger partial charge < -0.3 is 16.4 Å². The average molecular weight is 291 g/mol. The summed E-state index contributed by atoms with van der Waals surface area (Å²) in [5, 5.41) is 16.9. The zero-order chi connectivity index (χ0) is 15.2. The molecule has 1 aliphatic heterocycles. The quantitative estimate of drug-likeness (QED) is 0.405. The molecule has 112 valence electrons. The Bertz CT molecular complexity index is 585. The molecule has 1 aromatic heterocycles. The van der Waals surface area contributed by atoms with Gasteiger partial charge in [-0.3, -0.25) is 14.9 Å². The van der Waals surface area contributed by atoms with E-state index in [1.807, 2.05) is 0 Å². The number of nitro groups is 1. The van der Waals surface area contributed by atoms with Crippen LogP contribution in [0, 0.1) is 10.1 Å². The Kier molecular flexibility index (Phi) is 4.83. The van der Waals surface area contributed by atoms with Gasteiger partial charge >= 0.3 is 0 Å². The molecule has 1 aliphatic rings. The van der Waals surface area contributed by atoms with Crippen molar-refractivity contribution in [1.29, 1.82) is 0 Å². The van der Waals surface area contributed by atoms with Crippen LogP contribution < -0.4 is 16.4 Å². The molecule has 0 aromatic carbocycles. The maximum atomic E-state index is 11.4. The van der Waals surface area contributed by atoms with Gasteiger partial charge in [-0.2, -0.15) is 0 Å². The number of hydrogen-bond acceptors (Lipinski definition) is 6. The largest absolute Gasteiger partial charge is 0.369 e. The number of anilines is 1. The number of primary amides is 1. The van der Waals surface area contributed by atoms with Gasteiger partial charge in [-0.15, -0.1) is 0 Å². The third-order valence-corrected chi connectivity index (χ3v) is 3.25. The molecule has 0 unspecified atom stereocenters. The molecule has 21 heavy (non-hydrogen) atoms. The molecule has 1 amide bonds. The van der Waals surface area contributed by atoms with E-state index < -0.39 is 10.8 Å². The topological polar surface area (TPSA) is 123 Å². The zero-order valence-electron chi connectivity index (χ0n) is 11.5. The molecule has 2 heterocycles. The Morgan fingerprint density at radius 3 is 3.00 bits per heavy atom. The molecule has 0 atom stereocenters. The van der Waals surface area contributed by atoms with Crippen molar-refractivity contribution in [3.05, 3.63) is 39.6 Å². The molecule has 2 rings (SSSR count). The molecule has 8 nitrogen and oxygen atoms in total. The lowest BCUT2D eigenvalue weighted by Crippen LogP contribution is -2.21. The molecule has 1 aromatic rings. The summed E-state index contributed by atoms with van der Waals surface area (Å²) >= 11 is 0. The van der Waals surface area contributed by atoms with Gasteiger partial charge in [0.05, 0.1) is 10.5 Å². The molecule has 0 spiro atoms. The van der Waals surface area contributed by atoms with Crippen LogP contribution >= 0.6 is 0 Å². The van der Waals surface area contributed by atoms with Crippen molar-refractivity contribution in [1.82, 2.24) is 10.3 Å². The SMILES string of the molecule is NC(=O)c1cc([N+](=O)[O-])cnc1NCCC1=CCNCC1. The summed E-state index contributed by atoms with van der Waals surface area (Å²) in [6.45, 7) is 2.43. The van der Waals surface area contributed by atoms with Crippen molar-refractivity contribution < 1.29 is 9.72 Å². The Balaban J connectivity index is 2.03. The fourth-order valence-electron chi connectivity index (χ4n) is 2.12. The highest BCUT2D eigenvalue weighted by molar-refractivity contribution is 5.98. The van der Waals surface area contributed by atoms with E-state index in [9.17, 15) is 14.9 Å². The van der Waals surface area contributed by atoms with Gasteiger partial charge in [0.2, 0.25) is 0 Å². The molecule has 0 saturated carbocycles. The van der Waals surface area contributed by atoms with Crippen LogP contribution in [0.3, 0.4) is 0 Å². The Labute approximate surface area is 121 Å². The van der Waals surface area contributed by atoms with Gasteiger partial charge in [-0.1, -0.05) is 11.6 Å². The van der Waals surface area contributed by atoms with Gasteiger partial charge in [-0.05, 0) is 19.4 Å². The van der Waals surface area contributed by atoms with Gasteiger partial charge in [0, 0.05) is 19.2 Å².